The highest BCUT2D eigenvalue weighted by molar-refractivity contribution is 5.73. The van der Waals surface area contributed by atoms with E-state index in [0.717, 1.165) is 38.5 Å². The number of ether oxygens (including phenoxy) is 2. The number of carbonyl (C=O) groups excluding carboxylic acids is 2. The molecule has 0 saturated heterocycles. The largest absolute Gasteiger partial charge is 0.428 e. The number of hydrogen-bond donors (Lipinski definition) is 0. The van der Waals surface area contributed by atoms with E-state index >= 15 is 0 Å². The van der Waals surface area contributed by atoms with E-state index in [2.05, 4.69) is 34.6 Å². The minimum atomic E-state index is -0.254. The zero-order chi connectivity index (χ0) is 26.9. The summed E-state index contributed by atoms with van der Waals surface area (Å²) in [4.78, 5) is 25.0. The van der Waals surface area contributed by atoms with Crippen molar-refractivity contribution in [1.82, 2.24) is 0 Å². The van der Waals surface area contributed by atoms with Crippen molar-refractivity contribution >= 4 is 11.9 Å². The van der Waals surface area contributed by atoms with Crippen LogP contribution < -0.4 is 0 Å². The fraction of sp³-hybridized carbons (Fsp3) is 0.938. The molecule has 0 amide bonds. The Morgan fingerprint density at radius 1 is 0.528 bits per heavy atom. The van der Waals surface area contributed by atoms with Gasteiger partial charge >= 0.3 is 11.9 Å². The summed E-state index contributed by atoms with van der Waals surface area (Å²) >= 11 is 0. The molecule has 0 fully saturated rings. The predicted octanol–water partition coefficient (Wildman–Crippen LogP) is 10.2. The first-order chi connectivity index (χ1) is 17.5. The molecule has 0 radical (unpaired) electrons. The van der Waals surface area contributed by atoms with Crippen LogP contribution in [0.5, 0.6) is 0 Å². The SMILES string of the molecule is CCCCCCCC(=O)OCOC(=O)C(CCC)CC(CCCCC)C(CCCCC)CCCCC. The second-order valence-electron chi connectivity index (χ2n) is 11.0. The molecule has 0 bridgehead atoms. The first-order valence-electron chi connectivity index (χ1n) is 15.9. The van der Waals surface area contributed by atoms with Gasteiger partial charge in [-0.05, 0) is 31.1 Å². The van der Waals surface area contributed by atoms with Crippen molar-refractivity contribution in [1.29, 1.82) is 0 Å². The third kappa shape index (κ3) is 19.1. The highest BCUT2D eigenvalue weighted by Gasteiger charge is 2.28. The number of esters is 2. The van der Waals surface area contributed by atoms with Crippen LogP contribution in [0, 0.1) is 17.8 Å². The molecule has 0 rings (SSSR count). The quantitative estimate of drug-likeness (QED) is 0.0659. The van der Waals surface area contributed by atoms with Crippen LogP contribution in [0.25, 0.3) is 0 Å². The number of rotatable bonds is 26. The van der Waals surface area contributed by atoms with Crippen molar-refractivity contribution in [2.45, 2.75) is 169 Å². The van der Waals surface area contributed by atoms with Gasteiger partial charge in [0.15, 0.2) is 0 Å². The second-order valence-corrected chi connectivity index (χ2v) is 11.0. The maximum atomic E-state index is 13.0. The summed E-state index contributed by atoms with van der Waals surface area (Å²) in [6, 6.07) is 0. The Morgan fingerprint density at radius 3 is 1.56 bits per heavy atom. The minimum Gasteiger partial charge on any atom is -0.428 e. The summed E-state index contributed by atoms with van der Waals surface area (Å²) in [5, 5.41) is 0. The van der Waals surface area contributed by atoms with E-state index in [1.807, 2.05) is 0 Å². The Bertz CT molecular complexity index is 494. The number of unbranched alkanes of at least 4 members (excludes halogenated alkanes) is 10. The van der Waals surface area contributed by atoms with E-state index in [1.165, 1.54) is 89.9 Å². The zero-order valence-electron chi connectivity index (χ0n) is 24.9. The van der Waals surface area contributed by atoms with Crippen LogP contribution in [0.3, 0.4) is 0 Å². The average Bonchev–Trinajstić information content (AvgIpc) is 2.87. The molecule has 4 heteroatoms. The molecule has 0 aliphatic heterocycles. The standard InChI is InChI=1S/C32H62O4/c1-6-11-15-16-20-25-31(33)35-27-36-32(34)30(21-10-5)26-29(24-19-14-9-4)28(22-17-12-7-2)23-18-13-8-3/h28-30H,6-27H2,1-5H3. The van der Waals surface area contributed by atoms with Crippen molar-refractivity contribution in [2.24, 2.45) is 17.8 Å². The Balaban J connectivity index is 4.97. The molecule has 2 unspecified atom stereocenters. The van der Waals surface area contributed by atoms with Gasteiger partial charge in [0.1, 0.15) is 0 Å². The third-order valence-corrected chi connectivity index (χ3v) is 7.67. The van der Waals surface area contributed by atoms with Gasteiger partial charge in [0.25, 0.3) is 0 Å². The normalized spacial score (nSPS) is 13.1. The molecule has 214 valence electrons. The van der Waals surface area contributed by atoms with Crippen molar-refractivity contribution in [2.75, 3.05) is 6.79 Å². The molecule has 36 heavy (non-hydrogen) atoms. The summed E-state index contributed by atoms with van der Waals surface area (Å²) in [5.41, 5.74) is 0. The molecule has 4 nitrogen and oxygen atoms in total. The Labute approximate surface area is 225 Å². The van der Waals surface area contributed by atoms with Gasteiger partial charge in [-0.25, -0.2) is 0 Å². The van der Waals surface area contributed by atoms with Gasteiger partial charge in [-0.3, -0.25) is 9.59 Å². The van der Waals surface area contributed by atoms with E-state index in [-0.39, 0.29) is 24.6 Å². The van der Waals surface area contributed by atoms with Crippen LogP contribution in [-0.4, -0.2) is 18.7 Å². The van der Waals surface area contributed by atoms with Gasteiger partial charge in [-0.15, -0.1) is 0 Å². The van der Waals surface area contributed by atoms with Gasteiger partial charge in [0.05, 0.1) is 5.92 Å². The highest BCUT2D eigenvalue weighted by atomic mass is 16.7. The molecule has 0 aromatic rings. The smallest absolute Gasteiger partial charge is 0.311 e. The van der Waals surface area contributed by atoms with Crippen LogP contribution in [0.1, 0.15) is 169 Å². The maximum absolute atomic E-state index is 13.0. The lowest BCUT2D eigenvalue weighted by Crippen LogP contribution is -2.26. The molecular formula is C32H62O4. The molecule has 0 aromatic carbocycles. The molecule has 0 aromatic heterocycles. The molecule has 0 aliphatic carbocycles. The Hall–Kier alpha value is -1.06. The van der Waals surface area contributed by atoms with Gasteiger partial charge < -0.3 is 9.47 Å². The molecule has 0 heterocycles. The van der Waals surface area contributed by atoms with Gasteiger partial charge in [-0.2, -0.15) is 0 Å². The number of carbonyl (C=O) groups is 2. The van der Waals surface area contributed by atoms with Crippen LogP contribution >= 0.6 is 0 Å². The van der Waals surface area contributed by atoms with E-state index < -0.39 is 0 Å². The van der Waals surface area contributed by atoms with E-state index in [9.17, 15) is 9.59 Å². The molecule has 0 N–H and O–H groups in total. The van der Waals surface area contributed by atoms with Crippen LogP contribution in [0.2, 0.25) is 0 Å². The topological polar surface area (TPSA) is 52.6 Å². The molecular weight excluding hydrogens is 448 g/mol. The summed E-state index contributed by atoms with van der Waals surface area (Å²) < 4.78 is 10.7. The van der Waals surface area contributed by atoms with Crippen molar-refractivity contribution < 1.29 is 19.1 Å². The summed E-state index contributed by atoms with van der Waals surface area (Å²) in [5.74, 6) is 0.775. The van der Waals surface area contributed by atoms with Gasteiger partial charge in [-0.1, -0.05) is 144 Å². The summed E-state index contributed by atoms with van der Waals surface area (Å²) in [7, 11) is 0. The number of hydrogen-bond acceptors (Lipinski definition) is 4. The van der Waals surface area contributed by atoms with Crippen LogP contribution in [0.4, 0.5) is 0 Å². The van der Waals surface area contributed by atoms with E-state index in [4.69, 9.17) is 9.47 Å². The lowest BCUT2D eigenvalue weighted by molar-refractivity contribution is -0.171. The van der Waals surface area contributed by atoms with Gasteiger partial charge in [0, 0.05) is 6.42 Å². The van der Waals surface area contributed by atoms with Crippen molar-refractivity contribution in [3.05, 3.63) is 0 Å². The van der Waals surface area contributed by atoms with Crippen molar-refractivity contribution in [3.8, 4) is 0 Å². The molecule has 0 aliphatic rings. The average molecular weight is 511 g/mol. The van der Waals surface area contributed by atoms with Gasteiger partial charge in [0.2, 0.25) is 6.79 Å². The summed E-state index contributed by atoms with van der Waals surface area (Å²) in [6.07, 6.45) is 23.9. The van der Waals surface area contributed by atoms with Crippen molar-refractivity contribution in [3.63, 3.8) is 0 Å². The second kappa shape index (κ2) is 25.6. The van der Waals surface area contributed by atoms with Crippen LogP contribution in [0.15, 0.2) is 0 Å². The molecule has 0 spiro atoms. The summed E-state index contributed by atoms with van der Waals surface area (Å²) in [6.45, 7) is 10.9. The highest BCUT2D eigenvalue weighted by Crippen LogP contribution is 2.35. The monoisotopic (exact) mass is 510 g/mol. The Kier molecular flexibility index (Phi) is 24.8. The first kappa shape index (κ1) is 34.9. The minimum absolute atomic E-state index is 0.0887. The fourth-order valence-electron chi connectivity index (χ4n) is 5.39. The van der Waals surface area contributed by atoms with E-state index in [1.54, 1.807) is 0 Å². The lowest BCUT2D eigenvalue weighted by Gasteiger charge is -2.30. The fourth-order valence-corrected chi connectivity index (χ4v) is 5.39. The predicted molar refractivity (Wildman–Crippen MR) is 153 cm³/mol. The molecule has 2 atom stereocenters. The maximum Gasteiger partial charge on any atom is 0.311 e. The third-order valence-electron chi connectivity index (χ3n) is 7.67. The Morgan fingerprint density at radius 2 is 1.03 bits per heavy atom. The van der Waals surface area contributed by atoms with Crippen LogP contribution in [-0.2, 0) is 19.1 Å². The van der Waals surface area contributed by atoms with E-state index in [0.29, 0.717) is 18.3 Å². The molecule has 0 saturated carbocycles. The zero-order valence-corrected chi connectivity index (χ0v) is 24.9. The lowest BCUT2D eigenvalue weighted by atomic mass is 9.75. The first-order valence-corrected chi connectivity index (χ1v) is 15.9.